The minimum Gasteiger partial charge on any atom is -0.326 e. The molecule has 0 aliphatic heterocycles. The Kier molecular flexibility index (Phi) is 4.80. The lowest BCUT2D eigenvalue weighted by atomic mass is 10.1. The number of halogens is 1. The summed E-state index contributed by atoms with van der Waals surface area (Å²) in [6, 6.07) is 14.2. The van der Waals surface area contributed by atoms with Crippen molar-refractivity contribution >= 4 is 50.5 Å². The number of amides is 2. The van der Waals surface area contributed by atoms with Crippen molar-refractivity contribution in [1.29, 1.82) is 0 Å². The van der Waals surface area contributed by atoms with Crippen molar-refractivity contribution in [3.05, 3.63) is 64.0 Å². The largest absolute Gasteiger partial charge is 0.326 e. The van der Waals surface area contributed by atoms with Gasteiger partial charge in [-0.1, -0.05) is 29.8 Å². The molecule has 1 heterocycles. The summed E-state index contributed by atoms with van der Waals surface area (Å²) in [5.74, 6) is -0.689. The molecule has 0 spiro atoms. The highest BCUT2D eigenvalue weighted by molar-refractivity contribution is 7.20. The first kappa shape index (κ1) is 16.4. The third-order valence-electron chi connectivity index (χ3n) is 3.41. The van der Waals surface area contributed by atoms with Gasteiger partial charge in [0.15, 0.2) is 0 Å². The minimum atomic E-state index is -0.551. The predicted octanol–water partition coefficient (Wildman–Crippen LogP) is 3.85. The summed E-state index contributed by atoms with van der Waals surface area (Å²) in [4.78, 5) is 24.0. The lowest BCUT2D eigenvalue weighted by molar-refractivity contribution is -0.115. The van der Waals surface area contributed by atoms with Crippen LogP contribution in [0.15, 0.2) is 48.5 Å². The van der Waals surface area contributed by atoms with Gasteiger partial charge in [0.25, 0.3) is 5.91 Å². The van der Waals surface area contributed by atoms with E-state index >= 15 is 0 Å². The fourth-order valence-corrected chi connectivity index (χ4v) is 3.39. The van der Waals surface area contributed by atoms with Crippen LogP contribution >= 0.6 is 22.9 Å². The highest BCUT2D eigenvalue weighted by Crippen LogP contribution is 2.28. The molecule has 122 valence electrons. The first-order valence-corrected chi connectivity index (χ1v) is 8.27. The van der Waals surface area contributed by atoms with Gasteiger partial charge >= 0.3 is 0 Å². The third-order valence-corrected chi connectivity index (χ3v) is 4.76. The van der Waals surface area contributed by atoms with Gasteiger partial charge in [0, 0.05) is 15.4 Å². The average Bonchev–Trinajstić information content (AvgIpc) is 2.99. The zero-order valence-corrected chi connectivity index (χ0v) is 13.9. The van der Waals surface area contributed by atoms with E-state index in [4.69, 9.17) is 16.8 Å². The maximum absolute atomic E-state index is 12.1. The number of thiophene rings is 1. The van der Waals surface area contributed by atoms with Crippen molar-refractivity contribution in [3.8, 4) is 0 Å². The third kappa shape index (κ3) is 3.73. The molecule has 3 rings (SSSR count). The topological polar surface area (TPSA) is 78.4 Å². The van der Waals surface area contributed by atoms with Crippen molar-refractivity contribution in [1.82, 2.24) is 5.48 Å². The van der Waals surface area contributed by atoms with Crippen LogP contribution in [0.3, 0.4) is 0 Å². The second-order valence-electron chi connectivity index (χ2n) is 5.16. The smallest absolute Gasteiger partial charge is 0.284 e. The SMILES string of the molecule is O=C(Cc1ccc(Cl)cc1)Nc1ccc2cc(C(=O)NO)sc2c1. The van der Waals surface area contributed by atoms with Crippen molar-refractivity contribution in [2.24, 2.45) is 0 Å². The van der Waals surface area contributed by atoms with E-state index in [9.17, 15) is 9.59 Å². The maximum Gasteiger partial charge on any atom is 0.284 e. The monoisotopic (exact) mass is 360 g/mol. The molecule has 0 bridgehead atoms. The summed E-state index contributed by atoms with van der Waals surface area (Å²) in [6.07, 6.45) is 0.248. The van der Waals surface area contributed by atoms with Gasteiger partial charge in [0.2, 0.25) is 5.91 Å². The number of rotatable bonds is 4. The lowest BCUT2D eigenvalue weighted by Crippen LogP contribution is -2.16. The van der Waals surface area contributed by atoms with Gasteiger partial charge in [-0.25, -0.2) is 5.48 Å². The molecule has 2 amide bonds. The first-order chi connectivity index (χ1) is 11.5. The fourth-order valence-electron chi connectivity index (χ4n) is 2.27. The van der Waals surface area contributed by atoms with E-state index < -0.39 is 5.91 Å². The van der Waals surface area contributed by atoms with Gasteiger partial charge in [0.1, 0.15) is 0 Å². The van der Waals surface area contributed by atoms with Crippen LogP contribution in [0.4, 0.5) is 5.69 Å². The van der Waals surface area contributed by atoms with Gasteiger partial charge in [-0.2, -0.15) is 0 Å². The molecule has 0 saturated carbocycles. The summed E-state index contributed by atoms with van der Waals surface area (Å²) in [5.41, 5.74) is 3.14. The molecule has 0 aliphatic rings. The molecule has 0 radical (unpaired) electrons. The molecule has 7 heteroatoms. The van der Waals surface area contributed by atoms with Crippen LogP contribution in [0, 0.1) is 0 Å². The number of benzene rings is 2. The zero-order valence-electron chi connectivity index (χ0n) is 12.4. The van der Waals surface area contributed by atoms with Crippen LogP contribution in [0.2, 0.25) is 5.02 Å². The fraction of sp³-hybridized carbons (Fsp3) is 0.0588. The van der Waals surface area contributed by atoms with Gasteiger partial charge < -0.3 is 5.32 Å². The quantitative estimate of drug-likeness (QED) is 0.488. The summed E-state index contributed by atoms with van der Waals surface area (Å²) in [7, 11) is 0. The normalized spacial score (nSPS) is 10.6. The highest BCUT2D eigenvalue weighted by Gasteiger charge is 2.10. The summed E-state index contributed by atoms with van der Waals surface area (Å²) < 4.78 is 0.845. The van der Waals surface area contributed by atoms with Crippen LogP contribution in [0.1, 0.15) is 15.2 Å². The van der Waals surface area contributed by atoms with E-state index in [0.29, 0.717) is 15.6 Å². The van der Waals surface area contributed by atoms with Gasteiger partial charge in [-0.3, -0.25) is 14.8 Å². The number of hydroxylamine groups is 1. The van der Waals surface area contributed by atoms with Crippen LogP contribution in [-0.4, -0.2) is 17.0 Å². The molecule has 3 N–H and O–H groups in total. The van der Waals surface area contributed by atoms with E-state index in [-0.39, 0.29) is 12.3 Å². The number of anilines is 1. The minimum absolute atomic E-state index is 0.137. The predicted molar refractivity (Wildman–Crippen MR) is 94.9 cm³/mol. The second-order valence-corrected chi connectivity index (χ2v) is 6.68. The zero-order chi connectivity index (χ0) is 17.1. The highest BCUT2D eigenvalue weighted by atomic mass is 35.5. The standard InChI is InChI=1S/C17H13ClN2O3S/c18-12-4-1-10(2-5-12)7-16(21)19-13-6-3-11-8-15(17(22)20-23)24-14(11)9-13/h1-6,8-9,23H,7H2,(H,19,21)(H,20,22). The molecule has 0 unspecified atom stereocenters. The Balaban J connectivity index is 1.73. The number of hydrogen-bond acceptors (Lipinski definition) is 4. The van der Waals surface area contributed by atoms with E-state index in [1.165, 1.54) is 11.3 Å². The second kappa shape index (κ2) is 7.00. The summed E-state index contributed by atoms with van der Waals surface area (Å²) in [5, 5.41) is 13.0. The van der Waals surface area contributed by atoms with Crippen LogP contribution in [0.25, 0.3) is 10.1 Å². The van der Waals surface area contributed by atoms with Crippen LogP contribution < -0.4 is 10.8 Å². The number of nitrogens with one attached hydrogen (secondary N) is 2. The Morgan fingerprint density at radius 1 is 1.08 bits per heavy atom. The lowest BCUT2D eigenvalue weighted by Gasteiger charge is -2.05. The number of fused-ring (bicyclic) bond motifs is 1. The molecule has 0 fully saturated rings. The van der Waals surface area contributed by atoms with Crippen LogP contribution in [0.5, 0.6) is 0 Å². The molecule has 0 atom stereocenters. The van der Waals surface area contributed by atoms with Gasteiger partial charge in [0.05, 0.1) is 11.3 Å². The molecule has 2 aromatic carbocycles. The Labute approximate surface area is 146 Å². The number of hydrogen-bond donors (Lipinski definition) is 3. The van der Waals surface area contributed by atoms with E-state index in [1.807, 2.05) is 18.2 Å². The molecule has 1 aromatic heterocycles. The van der Waals surface area contributed by atoms with E-state index in [0.717, 1.165) is 15.6 Å². The summed E-state index contributed by atoms with van der Waals surface area (Å²) >= 11 is 7.06. The van der Waals surface area contributed by atoms with Gasteiger partial charge in [-0.15, -0.1) is 11.3 Å². The molecule has 0 saturated heterocycles. The molecular weight excluding hydrogens is 348 g/mol. The molecular formula is C17H13ClN2O3S. The number of carbonyl (C=O) groups is 2. The molecule has 24 heavy (non-hydrogen) atoms. The Morgan fingerprint density at radius 3 is 2.54 bits per heavy atom. The van der Waals surface area contributed by atoms with Crippen molar-refractivity contribution < 1.29 is 14.8 Å². The van der Waals surface area contributed by atoms with E-state index in [2.05, 4.69) is 5.32 Å². The van der Waals surface area contributed by atoms with Crippen molar-refractivity contribution in [2.75, 3.05) is 5.32 Å². The molecule has 3 aromatic rings. The Morgan fingerprint density at radius 2 is 1.83 bits per heavy atom. The van der Waals surface area contributed by atoms with Gasteiger partial charge in [-0.05, 0) is 41.3 Å². The van der Waals surface area contributed by atoms with Crippen molar-refractivity contribution in [3.63, 3.8) is 0 Å². The van der Waals surface area contributed by atoms with Crippen LogP contribution in [-0.2, 0) is 11.2 Å². The first-order valence-electron chi connectivity index (χ1n) is 7.07. The van der Waals surface area contributed by atoms with E-state index in [1.54, 1.807) is 35.8 Å². The summed E-state index contributed by atoms with van der Waals surface area (Å²) in [6.45, 7) is 0. The number of carbonyl (C=O) groups excluding carboxylic acids is 2. The Hall–Kier alpha value is -2.41. The molecule has 0 aliphatic carbocycles. The van der Waals surface area contributed by atoms with Crippen molar-refractivity contribution in [2.45, 2.75) is 6.42 Å². The Bertz CT molecular complexity index is 906. The average molecular weight is 361 g/mol. The molecule has 5 nitrogen and oxygen atoms in total. The maximum atomic E-state index is 12.1.